The van der Waals surface area contributed by atoms with Gasteiger partial charge in [-0.3, -0.25) is 4.79 Å². The average Bonchev–Trinajstić information content (AvgIpc) is 2.48. The number of fused-ring (bicyclic) bond motifs is 1. The number of carbonyl (C=O) groups is 1. The highest BCUT2D eigenvalue weighted by molar-refractivity contribution is 7.88. The standard InChI is InChI=1S/C14H16N2O6S/c1-23(19,20)16-7-6-15-13(17)9-21-11-4-2-10-3-5-14(18)22-12(10)8-11/h2-5,8,16H,6-7,9H2,1H3,(H,15,17). The molecule has 0 saturated heterocycles. The topological polar surface area (TPSA) is 115 Å². The van der Waals surface area contributed by atoms with Crippen molar-refractivity contribution in [1.82, 2.24) is 10.0 Å². The second-order valence-electron chi connectivity index (χ2n) is 4.76. The smallest absolute Gasteiger partial charge is 0.336 e. The Hall–Kier alpha value is -2.39. The highest BCUT2D eigenvalue weighted by Crippen LogP contribution is 2.19. The van der Waals surface area contributed by atoms with Crippen molar-refractivity contribution >= 4 is 26.9 Å². The van der Waals surface area contributed by atoms with E-state index in [2.05, 4.69) is 10.0 Å². The summed E-state index contributed by atoms with van der Waals surface area (Å²) in [4.78, 5) is 22.7. The Kier molecular flexibility index (Phi) is 5.35. The zero-order valence-corrected chi connectivity index (χ0v) is 13.2. The molecule has 8 nitrogen and oxygen atoms in total. The first-order valence-corrected chi connectivity index (χ1v) is 8.61. The van der Waals surface area contributed by atoms with Crippen molar-refractivity contribution < 1.29 is 22.4 Å². The van der Waals surface area contributed by atoms with Gasteiger partial charge in [-0.25, -0.2) is 17.9 Å². The minimum atomic E-state index is -3.27. The fraction of sp³-hybridized carbons (Fsp3) is 0.286. The van der Waals surface area contributed by atoms with Crippen LogP contribution in [-0.4, -0.2) is 40.3 Å². The summed E-state index contributed by atoms with van der Waals surface area (Å²) in [6, 6.07) is 7.84. The maximum atomic E-state index is 11.6. The van der Waals surface area contributed by atoms with E-state index >= 15 is 0 Å². The van der Waals surface area contributed by atoms with Crippen LogP contribution in [0.1, 0.15) is 0 Å². The van der Waals surface area contributed by atoms with Crippen molar-refractivity contribution in [2.45, 2.75) is 0 Å². The Bertz CT molecular complexity index is 859. The second kappa shape index (κ2) is 7.25. The van der Waals surface area contributed by atoms with Gasteiger partial charge in [-0.05, 0) is 18.2 Å². The molecule has 1 aromatic carbocycles. The fourth-order valence-electron chi connectivity index (χ4n) is 1.77. The lowest BCUT2D eigenvalue weighted by atomic mass is 10.2. The molecule has 0 bridgehead atoms. The van der Waals surface area contributed by atoms with Gasteiger partial charge >= 0.3 is 5.63 Å². The summed E-state index contributed by atoms with van der Waals surface area (Å²) >= 11 is 0. The third kappa shape index (κ3) is 5.72. The Labute approximate surface area is 132 Å². The van der Waals surface area contributed by atoms with Crippen LogP contribution in [0.15, 0.2) is 39.5 Å². The van der Waals surface area contributed by atoms with E-state index in [0.717, 1.165) is 11.6 Å². The minimum Gasteiger partial charge on any atom is -0.484 e. The number of rotatable bonds is 7. The molecule has 1 heterocycles. The molecule has 23 heavy (non-hydrogen) atoms. The number of hydrogen-bond acceptors (Lipinski definition) is 6. The van der Waals surface area contributed by atoms with Crippen molar-refractivity contribution in [3.8, 4) is 5.75 Å². The molecule has 2 N–H and O–H groups in total. The first kappa shape index (κ1) is 17.0. The molecule has 1 aromatic heterocycles. The van der Waals surface area contributed by atoms with Crippen LogP contribution in [0, 0.1) is 0 Å². The van der Waals surface area contributed by atoms with Crippen LogP contribution in [0.5, 0.6) is 5.75 Å². The third-order valence-corrected chi connectivity index (χ3v) is 3.50. The molecule has 124 valence electrons. The van der Waals surface area contributed by atoms with Crippen molar-refractivity contribution in [2.24, 2.45) is 0 Å². The highest BCUT2D eigenvalue weighted by Gasteiger charge is 2.05. The molecule has 2 rings (SSSR count). The van der Waals surface area contributed by atoms with Gasteiger partial charge in [0.15, 0.2) is 6.61 Å². The maximum Gasteiger partial charge on any atom is 0.336 e. The van der Waals surface area contributed by atoms with Crippen molar-refractivity contribution in [1.29, 1.82) is 0 Å². The number of amides is 1. The van der Waals surface area contributed by atoms with Crippen molar-refractivity contribution in [3.63, 3.8) is 0 Å². The minimum absolute atomic E-state index is 0.103. The second-order valence-corrected chi connectivity index (χ2v) is 6.59. The number of benzene rings is 1. The molecule has 0 atom stereocenters. The quantitative estimate of drug-likeness (QED) is 0.534. The first-order chi connectivity index (χ1) is 10.8. The molecule has 0 radical (unpaired) electrons. The SMILES string of the molecule is CS(=O)(=O)NCCNC(=O)COc1ccc2ccc(=O)oc2c1. The molecular formula is C14H16N2O6S. The van der Waals surface area contributed by atoms with E-state index in [0.29, 0.717) is 11.3 Å². The Morgan fingerprint density at radius 1 is 1.22 bits per heavy atom. The van der Waals surface area contributed by atoms with E-state index in [1.807, 2.05) is 0 Å². The molecule has 0 unspecified atom stereocenters. The van der Waals surface area contributed by atoms with Gasteiger partial charge in [-0.15, -0.1) is 0 Å². The van der Waals surface area contributed by atoms with Gasteiger partial charge in [0.25, 0.3) is 5.91 Å². The van der Waals surface area contributed by atoms with Gasteiger partial charge in [0.1, 0.15) is 11.3 Å². The van der Waals surface area contributed by atoms with Crippen molar-refractivity contribution in [2.75, 3.05) is 26.0 Å². The summed E-state index contributed by atoms with van der Waals surface area (Å²) in [6.45, 7) is 0.0228. The van der Waals surface area contributed by atoms with Crippen LogP contribution in [0.25, 0.3) is 11.0 Å². The number of hydrogen-bond donors (Lipinski definition) is 2. The molecule has 0 aliphatic carbocycles. The number of nitrogens with one attached hydrogen (secondary N) is 2. The van der Waals surface area contributed by atoms with Crippen molar-refractivity contribution in [3.05, 3.63) is 40.8 Å². The summed E-state index contributed by atoms with van der Waals surface area (Å²) in [7, 11) is -3.27. The normalized spacial score (nSPS) is 11.3. The lowest BCUT2D eigenvalue weighted by molar-refractivity contribution is -0.123. The molecule has 0 aliphatic heterocycles. The van der Waals surface area contributed by atoms with Gasteiger partial charge in [-0.2, -0.15) is 0 Å². The number of carbonyl (C=O) groups excluding carboxylic acids is 1. The van der Waals surface area contributed by atoms with Gasteiger partial charge < -0.3 is 14.5 Å². The van der Waals surface area contributed by atoms with E-state index < -0.39 is 21.6 Å². The molecule has 0 aliphatic rings. The first-order valence-electron chi connectivity index (χ1n) is 6.71. The molecule has 1 amide bonds. The molecule has 0 fully saturated rings. The Balaban J connectivity index is 1.83. The summed E-state index contributed by atoms with van der Waals surface area (Å²) in [5.74, 6) is -0.00817. The van der Waals surface area contributed by atoms with Crippen LogP contribution >= 0.6 is 0 Å². The predicted octanol–water partition coefficient (Wildman–Crippen LogP) is -0.163. The fourth-order valence-corrected chi connectivity index (χ4v) is 2.24. The van der Waals surface area contributed by atoms with Crippen LogP contribution in [0.3, 0.4) is 0 Å². The van der Waals surface area contributed by atoms with Gasteiger partial charge in [0.2, 0.25) is 10.0 Å². The van der Waals surface area contributed by atoms with Gasteiger partial charge in [0.05, 0.1) is 6.26 Å². The summed E-state index contributed by atoms with van der Waals surface area (Å²) in [5, 5.41) is 3.25. The summed E-state index contributed by atoms with van der Waals surface area (Å²) < 4.78 is 34.2. The number of ether oxygens (including phenoxy) is 1. The Morgan fingerprint density at radius 2 is 1.96 bits per heavy atom. The van der Waals surface area contributed by atoms with Gasteiger partial charge in [-0.1, -0.05) is 0 Å². The summed E-state index contributed by atoms with van der Waals surface area (Å²) in [5.41, 5.74) is -0.0986. The molecule has 2 aromatic rings. The molecule has 0 saturated carbocycles. The van der Waals surface area contributed by atoms with E-state index in [4.69, 9.17) is 9.15 Å². The lowest BCUT2D eigenvalue weighted by Crippen LogP contribution is -2.36. The zero-order valence-electron chi connectivity index (χ0n) is 12.4. The largest absolute Gasteiger partial charge is 0.484 e. The van der Waals surface area contributed by atoms with E-state index in [1.165, 1.54) is 12.1 Å². The number of sulfonamides is 1. The predicted molar refractivity (Wildman–Crippen MR) is 83.8 cm³/mol. The third-order valence-electron chi connectivity index (χ3n) is 2.78. The average molecular weight is 340 g/mol. The maximum absolute atomic E-state index is 11.6. The lowest BCUT2D eigenvalue weighted by Gasteiger charge is -2.08. The monoisotopic (exact) mass is 340 g/mol. The Morgan fingerprint density at radius 3 is 2.70 bits per heavy atom. The van der Waals surface area contributed by atoms with Crippen LogP contribution < -0.4 is 20.4 Å². The van der Waals surface area contributed by atoms with Crippen LogP contribution in [-0.2, 0) is 14.8 Å². The molecule has 9 heteroatoms. The molecule has 0 spiro atoms. The van der Waals surface area contributed by atoms with E-state index in [9.17, 15) is 18.0 Å². The summed E-state index contributed by atoms with van der Waals surface area (Å²) in [6.07, 6.45) is 1.04. The van der Waals surface area contributed by atoms with Crippen LogP contribution in [0.4, 0.5) is 0 Å². The highest BCUT2D eigenvalue weighted by atomic mass is 32.2. The van der Waals surface area contributed by atoms with Gasteiger partial charge in [0, 0.05) is 30.6 Å². The van der Waals surface area contributed by atoms with E-state index in [1.54, 1.807) is 18.2 Å². The zero-order chi connectivity index (χ0) is 16.9. The van der Waals surface area contributed by atoms with E-state index in [-0.39, 0.29) is 19.7 Å². The molecular weight excluding hydrogens is 324 g/mol. The van der Waals surface area contributed by atoms with Crippen LogP contribution in [0.2, 0.25) is 0 Å².